The number of hydrogen-bond donors (Lipinski definition) is 1. The SMILES string of the molecule is CCO[C@@H]1CN(C(=O)[C@@H]2CCCN2)C[C@@H]1OC. The van der Waals surface area contributed by atoms with Crippen molar-refractivity contribution < 1.29 is 14.3 Å². The zero-order chi connectivity index (χ0) is 12.3. The largest absolute Gasteiger partial charge is 0.377 e. The molecule has 0 aromatic heterocycles. The number of methoxy groups -OCH3 is 1. The minimum Gasteiger partial charge on any atom is -0.377 e. The molecule has 2 saturated heterocycles. The van der Waals surface area contributed by atoms with Crippen molar-refractivity contribution in [2.75, 3.05) is 33.4 Å². The lowest BCUT2D eigenvalue weighted by molar-refractivity contribution is -0.132. The Kier molecular flexibility index (Phi) is 4.36. The number of amides is 1. The first-order valence-electron chi connectivity index (χ1n) is 6.42. The number of nitrogens with zero attached hydrogens (tertiary/aromatic N) is 1. The number of ether oxygens (including phenoxy) is 2. The van der Waals surface area contributed by atoms with Crippen LogP contribution < -0.4 is 5.32 Å². The van der Waals surface area contributed by atoms with E-state index in [9.17, 15) is 4.79 Å². The van der Waals surface area contributed by atoms with Crippen molar-refractivity contribution >= 4 is 5.91 Å². The summed E-state index contributed by atoms with van der Waals surface area (Å²) in [6, 6.07) is 0.00730. The van der Waals surface area contributed by atoms with Crippen molar-refractivity contribution in [2.24, 2.45) is 0 Å². The lowest BCUT2D eigenvalue weighted by Gasteiger charge is -2.20. The second-order valence-electron chi connectivity index (χ2n) is 4.66. The van der Waals surface area contributed by atoms with Crippen molar-refractivity contribution in [1.82, 2.24) is 10.2 Å². The van der Waals surface area contributed by atoms with Crippen molar-refractivity contribution in [3.05, 3.63) is 0 Å². The molecule has 1 amide bonds. The smallest absolute Gasteiger partial charge is 0.239 e. The molecule has 5 heteroatoms. The van der Waals surface area contributed by atoms with Gasteiger partial charge in [-0.1, -0.05) is 0 Å². The van der Waals surface area contributed by atoms with Crippen LogP contribution in [0.2, 0.25) is 0 Å². The molecule has 0 aromatic rings. The normalized spacial score (nSPS) is 33.3. The topological polar surface area (TPSA) is 50.8 Å². The third-order valence-corrected chi connectivity index (χ3v) is 3.57. The highest BCUT2D eigenvalue weighted by atomic mass is 16.5. The van der Waals surface area contributed by atoms with E-state index in [4.69, 9.17) is 9.47 Å². The molecule has 2 aliphatic heterocycles. The average molecular weight is 242 g/mol. The van der Waals surface area contributed by atoms with Gasteiger partial charge < -0.3 is 19.7 Å². The quantitative estimate of drug-likeness (QED) is 0.754. The number of carbonyl (C=O) groups excluding carboxylic acids is 1. The summed E-state index contributed by atoms with van der Waals surface area (Å²) in [5, 5.41) is 3.24. The molecule has 2 aliphatic rings. The molecule has 5 nitrogen and oxygen atoms in total. The van der Waals surface area contributed by atoms with Gasteiger partial charge in [0.2, 0.25) is 5.91 Å². The molecule has 1 N–H and O–H groups in total. The fourth-order valence-electron chi connectivity index (χ4n) is 2.64. The summed E-state index contributed by atoms with van der Waals surface area (Å²) in [5.74, 6) is 0.201. The Morgan fingerprint density at radius 1 is 1.41 bits per heavy atom. The fraction of sp³-hybridized carbons (Fsp3) is 0.917. The highest BCUT2D eigenvalue weighted by molar-refractivity contribution is 5.82. The summed E-state index contributed by atoms with van der Waals surface area (Å²) >= 11 is 0. The highest BCUT2D eigenvalue weighted by Gasteiger charge is 2.38. The first-order valence-corrected chi connectivity index (χ1v) is 6.42. The van der Waals surface area contributed by atoms with Crippen molar-refractivity contribution in [3.8, 4) is 0 Å². The molecule has 0 spiro atoms. The third kappa shape index (κ3) is 2.78. The van der Waals surface area contributed by atoms with Crippen molar-refractivity contribution in [2.45, 2.75) is 38.0 Å². The Balaban J connectivity index is 1.91. The Morgan fingerprint density at radius 2 is 2.18 bits per heavy atom. The molecule has 0 radical (unpaired) electrons. The van der Waals surface area contributed by atoms with E-state index >= 15 is 0 Å². The van der Waals surface area contributed by atoms with Gasteiger partial charge in [0, 0.05) is 26.8 Å². The summed E-state index contributed by atoms with van der Waals surface area (Å²) in [6.45, 7) is 4.89. The van der Waals surface area contributed by atoms with E-state index in [1.165, 1.54) is 0 Å². The van der Waals surface area contributed by atoms with Gasteiger partial charge in [0.05, 0.1) is 6.04 Å². The van der Waals surface area contributed by atoms with Crippen LogP contribution in [-0.4, -0.2) is 62.4 Å². The third-order valence-electron chi connectivity index (χ3n) is 3.57. The summed E-state index contributed by atoms with van der Waals surface area (Å²) < 4.78 is 11.0. The Hall–Kier alpha value is -0.650. The number of rotatable bonds is 4. The minimum absolute atomic E-state index is 0.00730. The maximum atomic E-state index is 12.2. The molecule has 2 heterocycles. The van der Waals surface area contributed by atoms with Crippen LogP contribution in [0.15, 0.2) is 0 Å². The van der Waals surface area contributed by atoms with Gasteiger partial charge in [0.25, 0.3) is 0 Å². The van der Waals surface area contributed by atoms with Crippen LogP contribution in [0, 0.1) is 0 Å². The average Bonchev–Trinajstić information content (AvgIpc) is 2.97. The Morgan fingerprint density at radius 3 is 2.76 bits per heavy atom. The van der Waals surface area contributed by atoms with Crippen LogP contribution in [0.25, 0.3) is 0 Å². The Labute approximate surface area is 102 Å². The second kappa shape index (κ2) is 5.80. The van der Waals surface area contributed by atoms with Crippen LogP contribution in [0.1, 0.15) is 19.8 Å². The fourth-order valence-corrected chi connectivity index (χ4v) is 2.64. The summed E-state index contributed by atoms with van der Waals surface area (Å²) in [6.07, 6.45) is 2.08. The van der Waals surface area contributed by atoms with E-state index in [1.807, 2.05) is 11.8 Å². The molecule has 2 fully saturated rings. The Bertz CT molecular complexity index is 266. The molecular formula is C12H22N2O3. The molecule has 0 aliphatic carbocycles. The van der Waals surface area contributed by atoms with Gasteiger partial charge >= 0.3 is 0 Å². The van der Waals surface area contributed by atoms with Crippen molar-refractivity contribution in [1.29, 1.82) is 0 Å². The van der Waals surface area contributed by atoms with Gasteiger partial charge in [-0.3, -0.25) is 4.79 Å². The molecule has 17 heavy (non-hydrogen) atoms. The molecule has 2 rings (SSSR count). The first kappa shape index (κ1) is 12.8. The van der Waals surface area contributed by atoms with Gasteiger partial charge in [-0.2, -0.15) is 0 Å². The zero-order valence-corrected chi connectivity index (χ0v) is 10.6. The maximum Gasteiger partial charge on any atom is 0.239 e. The molecule has 0 bridgehead atoms. The van der Waals surface area contributed by atoms with Crippen LogP contribution in [0.5, 0.6) is 0 Å². The second-order valence-corrected chi connectivity index (χ2v) is 4.66. The molecule has 0 unspecified atom stereocenters. The standard InChI is InChI=1S/C12H22N2O3/c1-3-17-11-8-14(7-10(11)16-2)12(15)9-5-4-6-13-9/h9-11,13H,3-8H2,1-2H3/t9-,10-,11+/m0/s1. The summed E-state index contributed by atoms with van der Waals surface area (Å²) in [5.41, 5.74) is 0. The predicted octanol–water partition coefficient (Wildman–Crippen LogP) is 0.000700. The van der Waals surface area contributed by atoms with E-state index < -0.39 is 0 Å². The van der Waals surface area contributed by atoms with Crippen LogP contribution in [0.4, 0.5) is 0 Å². The van der Waals surface area contributed by atoms with Gasteiger partial charge in [-0.25, -0.2) is 0 Å². The van der Waals surface area contributed by atoms with Gasteiger partial charge in [0.1, 0.15) is 12.2 Å². The van der Waals surface area contributed by atoms with Crippen LogP contribution >= 0.6 is 0 Å². The summed E-state index contributed by atoms with van der Waals surface area (Å²) in [4.78, 5) is 14.1. The number of likely N-dealkylation sites (tertiary alicyclic amines) is 1. The molecule has 98 valence electrons. The number of hydrogen-bond acceptors (Lipinski definition) is 4. The monoisotopic (exact) mass is 242 g/mol. The predicted molar refractivity (Wildman–Crippen MR) is 63.8 cm³/mol. The van der Waals surface area contributed by atoms with E-state index in [1.54, 1.807) is 7.11 Å². The molecule has 3 atom stereocenters. The lowest BCUT2D eigenvalue weighted by Crippen LogP contribution is -2.43. The van der Waals surface area contributed by atoms with Gasteiger partial charge in [-0.05, 0) is 26.3 Å². The van der Waals surface area contributed by atoms with Gasteiger partial charge in [0.15, 0.2) is 0 Å². The molecule has 0 aromatic carbocycles. The van der Waals surface area contributed by atoms with Crippen molar-refractivity contribution in [3.63, 3.8) is 0 Å². The lowest BCUT2D eigenvalue weighted by atomic mass is 10.2. The highest BCUT2D eigenvalue weighted by Crippen LogP contribution is 2.19. The zero-order valence-electron chi connectivity index (χ0n) is 10.6. The van der Waals surface area contributed by atoms with E-state index in [0.717, 1.165) is 19.4 Å². The van der Waals surface area contributed by atoms with Crippen LogP contribution in [0.3, 0.4) is 0 Å². The van der Waals surface area contributed by atoms with Crippen LogP contribution in [-0.2, 0) is 14.3 Å². The van der Waals surface area contributed by atoms with E-state index in [-0.39, 0.29) is 24.2 Å². The number of carbonyl (C=O) groups is 1. The van der Waals surface area contributed by atoms with E-state index in [2.05, 4.69) is 5.32 Å². The van der Waals surface area contributed by atoms with E-state index in [0.29, 0.717) is 19.7 Å². The molecular weight excluding hydrogens is 220 g/mol. The van der Waals surface area contributed by atoms with Gasteiger partial charge in [-0.15, -0.1) is 0 Å². The number of nitrogens with one attached hydrogen (secondary N) is 1. The maximum absolute atomic E-state index is 12.2. The molecule has 0 saturated carbocycles. The summed E-state index contributed by atoms with van der Waals surface area (Å²) in [7, 11) is 1.68. The minimum atomic E-state index is 0.00730. The first-order chi connectivity index (χ1) is 8.26.